The molecule has 1 fully saturated rings. The summed E-state index contributed by atoms with van der Waals surface area (Å²) >= 11 is 0. The zero-order chi connectivity index (χ0) is 20.6. The average molecular weight is 404 g/mol. The summed E-state index contributed by atoms with van der Waals surface area (Å²) in [4.78, 5) is 10.3. The van der Waals surface area contributed by atoms with Gasteiger partial charge in [0.25, 0.3) is 0 Å². The lowest BCUT2D eigenvalue weighted by molar-refractivity contribution is -0.137. The van der Waals surface area contributed by atoms with Crippen LogP contribution in [0.5, 0.6) is 5.75 Å². The molecule has 0 aliphatic carbocycles. The van der Waals surface area contributed by atoms with Crippen LogP contribution in [0.4, 0.5) is 19.0 Å². The van der Waals surface area contributed by atoms with Crippen molar-refractivity contribution in [3.05, 3.63) is 36.2 Å². The Morgan fingerprint density at radius 1 is 1.21 bits per heavy atom. The van der Waals surface area contributed by atoms with Crippen LogP contribution in [-0.4, -0.2) is 56.4 Å². The molecule has 1 aliphatic rings. The second kappa shape index (κ2) is 7.43. The first-order chi connectivity index (χ1) is 13.8. The third kappa shape index (κ3) is 3.93. The van der Waals surface area contributed by atoms with Crippen molar-refractivity contribution < 1.29 is 18.3 Å². The Labute approximate surface area is 164 Å². The monoisotopic (exact) mass is 404 g/mol. The molecule has 0 bridgehead atoms. The number of aromatic hydroxyl groups is 1. The van der Waals surface area contributed by atoms with Gasteiger partial charge >= 0.3 is 6.18 Å². The van der Waals surface area contributed by atoms with E-state index in [-0.39, 0.29) is 17.4 Å². The lowest BCUT2D eigenvalue weighted by Gasteiger charge is -2.30. The molecule has 1 atom stereocenters. The largest absolute Gasteiger partial charge is 0.506 e. The van der Waals surface area contributed by atoms with E-state index in [0.29, 0.717) is 29.0 Å². The Morgan fingerprint density at radius 3 is 2.76 bits per heavy atom. The Balaban J connectivity index is 1.74. The van der Waals surface area contributed by atoms with Gasteiger partial charge in [0.05, 0.1) is 5.56 Å². The molecular formula is C19H19F3N6O. The number of aromatic nitrogens is 4. The molecule has 1 aliphatic heterocycles. The van der Waals surface area contributed by atoms with Crippen LogP contribution in [0.2, 0.25) is 0 Å². The molecule has 0 amide bonds. The van der Waals surface area contributed by atoms with Crippen LogP contribution < -0.4 is 5.32 Å². The summed E-state index contributed by atoms with van der Waals surface area (Å²) in [6.07, 6.45) is -0.325. The summed E-state index contributed by atoms with van der Waals surface area (Å²) in [6, 6.07) is 4.38. The molecule has 152 valence electrons. The smallest absolute Gasteiger partial charge is 0.418 e. The van der Waals surface area contributed by atoms with E-state index in [2.05, 4.69) is 37.4 Å². The van der Waals surface area contributed by atoms with E-state index < -0.39 is 17.5 Å². The van der Waals surface area contributed by atoms with Gasteiger partial charge in [0, 0.05) is 30.4 Å². The number of fused-ring (bicyclic) bond motifs is 1. The van der Waals surface area contributed by atoms with Gasteiger partial charge in [0.1, 0.15) is 22.7 Å². The quantitative estimate of drug-likeness (QED) is 0.692. The molecule has 4 rings (SSSR count). The first-order valence-corrected chi connectivity index (χ1v) is 9.16. The Morgan fingerprint density at radius 2 is 2.03 bits per heavy atom. The molecule has 1 saturated heterocycles. The number of hydrogen-bond acceptors (Lipinski definition) is 7. The van der Waals surface area contributed by atoms with E-state index in [1.165, 1.54) is 0 Å². The van der Waals surface area contributed by atoms with Crippen molar-refractivity contribution in [1.82, 2.24) is 25.1 Å². The standard InChI is InChI=1S/C19H19F3N6O/c1-28-7-3-4-12(10-28)25-18-13-5-2-6-23-15(13)17(26-27-18)16-14(29)8-11(9-24-16)19(20,21)22/h2,5-6,8-9,12,29H,3-4,7,10H2,1H3,(H,25,27). The summed E-state index contributed by atoms with van der Waals surface area (Å²) in [5, 5.41) is 22.5. The fourth-order valence-electron chi connectivity index (χ4n) is 3.52. The van der Waals surface area contributed by atoms with Crippen LogP contribution in [0, 0.1) is 0 Å². The SMILES string of the molecule is CN1CCCC(Nc2nnc(-c3ncc(C(F)(F)F)cc3O)c3ncccc23)C1. The van der Waals surface area contributed by atoms with E-state index in [1.807, 2.05) is 0 Å². The van der Waals surface area contributed by atoms with Gasteiger partial charge in [-0.05, 0) is 44.6 Å². The number of nitrogens with zero attached hydrogens (tertiary/aromatic N) is 5. The van der Waals surface area contributed by atoms with E-state index in [0.717, 1.165) is 25.9 Å². The van der Waals surface area contributed by atoms with E-state index >= 15 is 0 Å². The molecule has 29 heavy (non-hydrogen) atoms. The number of likely N-dealkylation sites (tertiary alicyclic amines) is 1. The van der Waals surface area contributed by atoms with Crippen LogP contribution in [0.15, 0.2) is 30.6 Å². The molecule has 0 spiro atoms. The van der Waals surface area contributed by atoms with Crippen LogP contribution in [0.25, 0.3) is 22.3 Å². The van der Waals surface area contributed by atoms with Gasteiger partial charge in [-0.3, -0.25) is 4.98 Å². The first-order valence-electron chi connectivity index (χ1n) is 9.16. The van der Waals surface area contributed by atoms with Gasteiger partial charge in [-0.1, -0.05) is 0 Å². The summed E-state index contributed by atoms with van der Waals surface area (Å²) in [7, 11) is 2.06. The maximum absolute atomic E-state index is 12.9. The first kappa shape index (κ1) is 19.3. The number of likely N-dealkylation sites (N-methyl/N-ethyl adjacent to an activating group) is 1. The predicted molar refractivity (Wildman–Crippen MR) is 101 cm³/mol. The van der Waals surface area contributed by atoms with Gasteiger partial charge in [0.2, 0.25) is 0 Å². The summed E-state index contributed by atoms with van der Waals surface area (Å²) in [6.45, 7) is 1.91. The van der Waals surface area contributed by atoms with Crippen LogP contribution in [0.3, 0.4) is 0 Å². The fourth-order valence-corrected chi connectivity index (χ4v) is 3.52. The van der Waals surface area contributed by atoms with E-state index in [4.69, 9.17) is 0 Å². The number of piperidine rings is 1. The molecule has 0 aromatic carbocycles. The third-order valence-corrected chi connectivity index (χ3v) is 4.92. The average Bonchev–Trinajstić information content (AvgIpc) is 2.68. The lowest BCUT2D eigenvalue weighted by atomic mass is 10.1. The van der Waals surface area contributed by atoms with E-state index in [1.54, 1.807) is 18.3 Å². The topological polar surface area (TPSA) is 87.1 Å². The number of nitrogens with one attached hydrogen (secondary N) is 1. The minimum absolute atomic E-state index is 0.0989. The molecule has 1 unspecified atom stereocenters. The molecule has 0 saturated carbocycles. The van der Waals surface area contributed by atoms with E-state index in [9.17, 15) is 18.3 Å². The second-order valence-corrected chi connectivity index (χ2v) is 7.13. The molecular weight excluding hydrogens is 385 g/mol. The van der Waals surface area contributed by atoms with Crippen LogP contribution >= 0.6 is 0 Å². The lowest BCUT2D eigenvalue weighted by Crippen LogP contribution is -2.40. The summed E-state index contributed by atoms with van der Waals surface area (Å²) < 4.78 is 38.6. The predicted octanol–water partition coefficient (Wildman–Crippen LogP) is 3.32. The van der Waals surface area contributed by atoms with Gasteiger partial charge in [-0.25, -0.2) is 4.98 Å². The Hall–Kier alpha value is -3.01. The van der Waals surface area contributed by atoms with Crippen molar-refractivity contribution in [2.45, 2.75) is 25.1 Å². The molecule has 10 heteroatoms. The minimum atomic E-state index is -4.60. The number of hydrogen-bond donors (Lipinski definition) is 2. The molecule has 7 nitrogen and oxygen atoms in total. The van der Waals surface area contributed by atoms with Crippen molar-refractivity contribution in [2.24, 2.45) is 0 Å². The number of pyridine rings is 2. The maximum Gasteiger partial charge on any atom is 0.418 e. The van der Waals surface area contributed by atoms with Gasteiger partial charge < -0.3 is 15.3 Å². The second-order valence-electron chi connectivity index (χ2n) is 7.13. The Bertz CT molecular complexity index is 1040. The number of alkyl halides is 3. The van der Waals surface area contributed by atoms with Crippen molar-refractivity contribution in [2.75, 3.05) is 25.5 Å². The van der Waals surface area contributed by atoms with Gasteiger partial charge in [-0.15, -0.1) is 10.2 Å². The van der Waals surface area contributed by atoms with Gasteiger partial charge in [0.15, 0.2) is 5.82 Å². The summed E-state index contributed by atoms with van der Waals surface area (Å²) in [5.74, 6) is -0.0840. The molecule has 4 heterocycles. The Kier molecular flexibility index (Phi) is 4.95. The molecule has 0 radical (unpaired) electrons. The highest BCUT2D eigenvalue weighted by molar-refractivity contribution is 5.97. The van der Waals surface area contributed by atoms with Crippen molar-refractivity contribution >= 4 is 16.7 Å². The maximum atomic E-state index is 12.9. The molecule has 2 N–H and O–H groups in total. The number of rotatable bonds is 3. The zero-order valence-corrected chi connectivity index (χ0v) is 15.6. The highest BCUT2D eigenvalue weighted by Crippen LogP contribution is 2.36. The van der Waals surface area contributed by atoms with Crippen molar-refractivity contribution in [3.8, 4) is 17.1 Å². The van der Waals surface area contributed by atoms with Crippen molar-refractivity contribution in [1.29, 1.82) is 0 Å². The highest BCUT2D eigenvalue weighted by Gasteiger charge is 2.32. The van der Waals surface area contributed by atoms with Crippen molar-refractivity contribution in [3.63, 3.8) is 0 Å². The number of anilines is 1. The molecule has 3 aromatic rings. The molecule has 3 aromatic heterocycles. The normalized spacial score (nSPS) is 18.1. The van der Waals surface area contributed by atoms with Crippen LogP contribution in [0.1, 0.15) is 18.4 Å². The van der Waals surface area contributed by atoms with Gasteiger partial charge in [-0.2, -0.15) is 13.2 Å². The third-order valence-electron chi connectivity index (χ3n) is 4.92. The summed E-state index contributed by atoms with van der Waals surface area (Å²) in [5.41, 5.74) is -0.614. The number of halogens is 3. The zero-order valence-electron chi connectivity index (χ0n) is 15.6. The van der Waals surface area contributed by atoms with Crippen LogP contribution in [-0.2, 0) is 6.18 Å². The highest BCUT2D eigenvalue weighted by atomic mass is 19.4. The fraction of sp³-hybridized carbons (Fsp3) is 0.368. The minimum Gasteiger partial charge on any atom is -0.506 e.